The summed E-state index contributed by atoms with van der Waals surface area (Å²) in [5, 5.41) is 12.1. The van der Waals surface area contributed by atoms with Crippen LogP contribution in [0.1, 0.15) is 37.7 Å². The fourth-order valence-electron chi connectivity index (χ4n) is 1.55. The Kier molecular flexibility index (Phi) is 11.2. The molecule has 0 amide bonds. The zero-order chi connectivity index (χ0) is 15.8. The largest absolute Gasteiger partial charge is 2.00 e. The number of carbonyl (C=O) groups excluding carboxylic acids is 1. The van der Waals surface area contributed by atoms with Crippen LogP contribution in [-0.4, -0.2) is 60.6 Å². The molecule has 0 radical (unpaired) electrons. The van der Waals surface area contributed by atoms with Gasteiger partial charge in [0.05, 0.1) is 9.75 Å². The first-order valence-corrected chi connectivity index (χ1v) is 8.27. The number of ketones is 1. The molecule has 0 fully saturated rings. The summed E-state index contributed by atoms with van der Waals surface area (Å²) in [4.78, 5) is 23.3. The molecule has 1 atom stereocenters. The number of hydrogen-bond donors (Lipinski definition) is 2. The van der Waals surface area contributed by atoms with E-state index in [0.717, 1.165) is 9.75 Å². The number of nitrogens with two attached hydrogens (primary N) is 1. The predicted octanol–water partition coefficient (Wildman–Crippen LogP) is 3.33. The van der Waals surface area contributed by atoms with Crippen molar-refractivity contribution in [1.29, 1.82) is 0 Å². The van der Waals surface area contributed by atoms with Gasteiger partial charge in [-0.05, 0) is 35.2 Å². The maximum Gasteiger partial charge on any atom is 2.00 e. The van der Waals surface area contributed by atoms with Crippen molar-refractivity contribution < 1.29 is 17.5 Å². The third kappa shape index (κ3) is 7.85. The molecule has 0 aromatic carbocycles. The summed E-state index contributed by atoms with van der Waals surface area (Å²) < 4.78 is 0. The average Bonchev–Trinajstić information content (AvgIpc) is 3.11. The van der Waals surface area contributed by atoms with Gasteiger partial charge in [0.25, 0.3) is 0 Å². The summed E-state index contributed by atoms with van der Waals surface area (Å²) in [5.41, 5.74) is 5.22. The molecule has 0 aliphatic rings. The number of rotatable bonds is 5. The molecule has 2 aromatic heterocycles. The van der Waals surface area contributed by atoms with Crippen LogP contribution in [0.4, 0.5) is 0 Å². The van der Waals surface area contributed by atoms with E-state index in [4.69, 9.17) is 10.8 Å². The summed E-state index contributed by atoms with van der Waals surface area (Å²) in [7, 11) is 0. The molecule has 2 rings (SSSR count). The van der Waals surface area contributed by atoms with Gasteiger partial charge in [0.1, 0.15) is 6.04 Å². The van der Waals surface area contributed by atoms with Gasteiger partial charge in [0.15, 0.2) is 0 Å². The van der Waals surface area contributed by atoms with Crippen LogP contribution in [0.15, 0.2) is 35.0 Å². The van der Waals surface area contributed by atoms with Crippen LogP contribution >= 0.6 is 22.7 Å². The van der Waals surface area contributed by atoms with E-state index in [1.54, 1.807) is 0 Å². The number of thiophene rings is 2. The number of carbonyl (C=O) groups is 2. The van der Waals surface area contributed by atoms with E-state index in [0.29, 0.717) is 12.3 Å². The molecule has 0 aliphatic carbocycles. The first kappa shape index (κ1) is 21.8. The molecular weight excluding hydrogens is 346 g/mol. The van der Waals surface area contributed by atoms with Crippen molar-refractivity contribution in [2.24, 2.45) is 11.7 Å². The molecule has 7 heteroatoms. The summed E-state index contributed by atoms with van der Waals surface area (Å²) in [6.45, 7) is 3.89. The molecule has 3 N–H and O–H groups in total. The van der Waals surface area contributed by atoms with Crippen molar-refractivity contribution in [3.63, 3.8) is 0 Å². The van der Waals surface area contributed by atoms with Crippen LogP contribution in [0.5, 0.6) is 0 Å². The zero-order valence-corrected chi connectivity index (χ0v) is 16.5. The minimum absolute atomic E-state index is 0. The Hall–Kier alpha value is -0.240. The van der Waals surface area contributed by atoms with Gasteiger partial charge in [-0.1, -0.05) is 26.0 Å². The van der Waals surface area contributed by atoms with E-state index in [9.17, 15) is 9.59 Å². The molecule has 0 spiro atoms. The summed E-state index contributed by atoms with van der Waals surface area (Å²) >= 11 is 2.97. The van der Waals surface area contributed by atoms with Crippen LogP contribution in [-0.2, 0) is 4.79 Å². The molecule has 0 bridgehead atoms. The molecule has 0 saturated carbocycles. The van der Waals surface area contributed by atoms with Gasteiger partial charge < -0.3 is 13.7 Å². The van der Waals surface area contributed by atoms with Gasteiger partial charge in [-0.15, -0.1) is 22.7 Å². The fourth-order valence-corrected chi connectivity index (χ4v) is 2.97. The second kappa shape index (κ2) is 11.3. The third-order valence-corrected chi connectivity index (χ3v) is 4.27. The number of aliphatic carboxylic acids is 1. The fraction of sp³-hybridized carbons (Fsp3) is 0.333. The Morgan fingerprint density at radius 3 is 1.86 bits per heavy atom. The second-order valence-electron chi connectivity index (χ2n) is 4.86. The smallest absolute Gasteiger partial charge is 1.00 e. The topological polar surface area (TPSA) is 80.4 Å². The molecule has 1 unspecified atom stereocenters. The zero-order valence-electron chi connectivity index (χ0n) is 14.7. The third-order valence-electron chi connectivity index (χ3n) is 2.53. The van der Waals surface area contributed by atoms with E-state index in [1.165, 1.54) is 22.7 Å². The summed E-state index contributed by atoms with van der Waals surface area (Å²) in [6, 6.07) is 6.81. The van der Waals surface area contributed by atoms with Crippen LogP contribution in [0, 0.1) is 5.92 Å². The molecule has 0 saturated heterocycles. The van der Waals surface area contributed by atoms with E-state index in [2.05, 4.69) is 0 Å². The Balaban J connectivity index is -0.000000339. The monoisotopic (exact) mass is 367 g/mol. The molecular formula is C15H21CaNO3S2. The first-order valence-electron chi connectivity index (χ1n) is 6.52. The van der Waals surface area contributed by atoms with Gasteiger partial charge >= 0.3 is 43.7 Å². The van der Waals surface area contributed by atoms with Crippen molar-refractivity contribution in [2.45, 2.75) is 26.3 Å². The average molecular weight is 368 g/mol. The van der Waals surface area contributed by atoms with Gasteiger partial charge in [0, 0.05) is 0 Å². The predicted molar refractivity (Wildman–Crippen MR) is 95.1 cm³/mol. The molecule has 118 valence electrons. The number of carboxylic acid groups (broad SMARTS) is 1. The van der Waals surface area contributed by atoms with E-state index in [1.807, 2.05) is 48.9 Å². The maximum atomic E-state index is 11.6. The number of hydrogen-bond acceptors (Lipinski definition) is 5. The second-order valence-corrected chi connectivity index (χ2v) is 6.75. The maximum absolute atomic E-state index is 11.6. The molecule has 22 heavy (non-hydrogen) atoms. The van der Waals surface area contributed by atoms with Crippen molar-refractivity contribution in [3.8, 4) is 0 Å². The first-order chi connectivity index (χ1) is 9.91. The summed E-state index contributed by atoms with van der Waals surface area (Å²) in [5.74, 6) is -0.417. The molecule has 4 nitrogen and oxygen atoms in total. The van der Waals surface area contributed by atoms with Crippen LogP contribution < -0.4 is 5.73 Å². The Morgan fingerprint density at radius 1 is 1.18 bits per heavy atom. The minimum atomic E-state index is -0.913. The molecule has 2 aromatic rings. The Labute approximate surface area is 171 Å². The molecule has 2 heterocycles. The quantitative estimate of drug-likeness (QED) is 0.627. The van der Waals surface area contributed by atoms with E-state index < -0.39 is 12.0 Å². The van der Waals surface area contributed by atoms with E-state index >= 15 is 0 Å². The minimum Gasteiger partial charge on any atom is -1.00 e. The van der Waals surface area contributed by atoms with Crippen molar-refractivity contribution >= 4 is 72.2 Å². The van der Waals surface area contributed by atoms with Gasteiger partial charge in [-0.25, -0.2) is 0 Å². The van der Waals surface area contributed by atoms with Crippen LogP contribution in [0.25, 0.3) is 0 Å². The van der Waals surface area contributed by atoms with Crippen molar-refractivity contribution in [2.75, 3.05) is 0 Å². The van der Waals surface area contributed by atoms with Crippen molar-refractivity contribution in [3.05, 3.63) is 44.8 Å². The normalized spacial score (nSPS) is 11.1. The SMILES string of the molecule is CC(C)CC(N)C(=O)O.O=C(c1cccs1)c1cccs1.[Ca+2].[H-].[H-]. The Morgan fingerprint density at radius 2 is 1.64 bits per heavy atom. The standard InChI is InChI=1S/C9H6OS2.C6H13NO2.Ca.2H/c10-9(7-3-1-5-11-7)8-4-2-6-12-8;1-4(2)3-5(7)6(8)9;;;/h1-6H;4-5H,3,7H2,1-2H3,(H,8,9);;;/q;;+2;2*-1. The van der Waals surface area contributed by atoms with Gasteiger partial charge in [-0.2, -0.15) is 0 Å². The number of carboxylic acids is 1. The summed E-state index contributed by atoms with van der Waals surface area (Å²) in [6.07, 6.45) is 0.551. The van der Waals surface area contributed by atoms with Crippen LogP contribution in [0.3, 0.4) is 0 Å². The van der Waals surface area contributed by atoms with E-state index in [-0.39, 0.29) is 46.4 Å². The molecule has 0 aliphatic heterocycles. The Bertz CT molecular complexity index is 527. The van der Waals surface area contributed by atoms with Crippen molar-refractivity contribution in [1.82, 2.24) is 0 Å². The van der Waals surface area contributed by atoms with Gasteiger partial charge in [-0.3, -0.25) is 9.59 Å². The van der Waals surface area contributed by atoms with Crippen LogP contribution in [0.2, 0.25) is 0 Å². The van der Waals surface area contributed by atoms with Gasteiger partial charge in [0.2, 0.25) is 5.78 Å².